The van der Waals surface area contributed by atoms with E-state index >= 15 is 0 Å². The van der Waals surface area contributed by atoms with E-state index in [2.05, 4.69) is 46.7 Å². The minimum Gasteiger partial charge on any atom is -0.349 e. The average molecular weight is 444 g/mol. The van der Waals surface area contributed by atoms with Crippen molar-refractivity contribution >= 4 is 28.4 Å². The number of likely N-dealkylation sites (N-methyl/N-ethyl adjacent to an activating group) is 1. The first-order chi connectivity index (χ1) is 16.0. The lowest BCUT2D eigenvalue weighted by Gasteiger charge is -2.46. The number of rotatable bonds is 2. The molecule has 0 spiro atoms. The van der Waals surface area contributed by atoms with Gasteiger partial charge in [0.25, 0.3) is 5.91 Å². The summed E-state index contributed by atoms with van der Waals surface area (Å²) in [5, 5.41) is 1.19. The largest absolute Gasteiger partial charge is 0.349 e. The molecule has 0 saturated carbocycles. The van der Waals surface area contributed by atoms with E-state index in [9.17, 15) is 9.59 Å². The number of hydrogen-bond acceptors (Lipinski definition) is 4. The van der Waals surface area contributed by atoms with Gasteiger partial charge in [-0.25, -0.2) is 0 Å². The zero-order chi connectivity index (χ0) is 22.7. The van der Waals surface area contributed by atoms with Gasteiger partial charge in [0.05, 0.1) is 16.9 Å². The van der Waals surface area contributed by atoms with Gasteiger partial charge in [-0.1, -0.05) is 30.3 Å². The Morgan fingerprint density at radius 1 is 0.939 bits per heavy atom. The first-order valence-corrected chi connectivity index (χ1v) is 11.7. The van der Waals surface area contributed by atoms with E-state index in [4.69, 9.17) is 0 Å². The molecule has 0 radical (unpaired) electrons. The van der Waals surface area contributed by atoms with Crippen molar-refractivity contribution in [3.63, 3.8) is 0 Å². The van der Waals surface area contributed by atoms with Crippen molar-refractivity contribution in [3.05, 3.63) is 65.4 Å². The van der Waals surface area contributed by atoms with Gasteiger partial charge in [-0.05, 0) is 37.2 Å². The second-order valence-electron chi connectivity index (χ2n) is 9.40. The lowest BCUT2D eigenvalue weighted by atomic mass is 9.96. The highest BCUT2D eigenvalue weighted by molar-refractivity contribution is 6.02. The molecule has 2 aromatic carbocycles. The number of benzene rings is 2. The van der Waals surface area contributed by atoms with Crippen molar-refractivity contribution in [1.82, 2.24) is 19.3 Å². The number of hydrogen-bond donors (Lipinski definition) is 0. The average Bonchev–Trinajstić information content (AvgIpc) is 3.16. The fourth-order valence-corrected chi connectivity index (χ4v) is 5.77. The summed E-state index contributed by atoms with van der Waals surface area (Å²) >= 11 is 0. The molecule has 170 valence electrons. The number of carbonyl (C=O) groups is 2. The first kappa shape index (κ1) is 20.3. The standard InChI is InChI=1S/C26H29N5O2/c1-27-13-15-29(16-14-27)23(32)17-31-22-10-6-3-7-18(22)19-11-12-30-25(24(19)31)28(2)21-9-5-4-8-20(21)26(30)33/h3-10,25H,11-17H2,1-2H3/t25-/m1/s1. The molecule has 1 aromatic heterocycles. The first-order valence-electron chi connectivity index (χ1n) is 11.7. The summed E-state index contributed by atoms with van der Waals surface area (Å²) in [5.74, 6) is 0.218. The second-order valence-corrected chi connectivity index (χ2v) is 9.40. The normalized spacial score (nSPS) is 20.6. The molecule has 1 fully saturated rings. The number of amides is 2. The quantitative estimate of drug-likeness (QED) is 0.611. The van der Waals surface area contributed by atoms with Gasteiger partial charge in [0.2, 0.25) is 5.91 Å². The van der Waals surface area contributed by atoms with E-state index in [1.807, 2.05) is 40.1 Å². The van der Waals surface area contributed by atoms with E-state index in [1.165, 1.54) is 10.9 Å². The highest BCUT2D eigenvalue weighted by atomic mass is 16.2. The van der Waals surface area contributed by atoms with Gasteiger partial charge in [0, 0.05) is 50.7 Å². The van der Waals surface area contributed by atoms with Gasteiger partial charge >= 0.3 is 0 Å². The van der Waals surface area contributed by atoms with Crippen LogP contribution in [0.2, 0.25) is 0 Å². The number of anilines is 1. The van der Waals surface area contributed by atoms with Crippen molar-refractivity contribution in [2.45, 2.75) is 19.1 Å². The summed E-state index contributed by atoms with van der Waals surface area (Å²) < 4.78 is 2.18. The SMILES string of the molecule is CN1CCN(C(=O)Cn2c3c(c4ccccc42)CCN2C(=O)c4ccccc4N(C)[C@@H]32)CC1. The van der Waals surface area contributed by atoms with Crippen LogP contribution in [0.1, 0.15) is 27.8 Å². The van der Waals surface area contributed by atoms with Gasteiger partial charge in [-0.2, -0.15) is 0 Å². The molecule has 33 heavy (non-hydrogen) atoms. The predicted molar refractivity (Wildman–Crippen MR) is 128 cm³/mol. The molecular weight excluding hydrogens is 414 g/mol. The Morgan fingerprint density at radius 2 is 1.67 bits per heavy atom. The van der Waals surface area contributed by atoms with Crippen molar-refractivity contribution in [1.29, 1.82) is 0 Å². The van der Waals surface area contributed by atoms with Gasteiger partial charge in [0.15, 0.2) is 0 Å². The number of nitrogens with zero attached hydrogens (tertiary/aromatic N) is 5. The lowest BCUT2D eigenvalue weighted by molar-refractivity contribution is -0.133. The topological polar surface area (TPSA) is 52.0 Å². The predicted octanol–water partition coefficient (Wildman–Crippen LogP) is 2.56. The Balaban J connectivity index is 1.47. The van der Waals surface area contributed by atoms with E-state index in [1.54, 1.807) is 0 Å². The van der Waals surface area contributed by atoms with E-state index in [0.717, 1.165) is 55.1 Å². The van der Waals surface area contributed by atoms with Crippen LogP contribution in [-0.4, -0.2) is 77.9 Å². The maximum atomic E-state index is 13.4. The van der Waals surface area contributed by atoms with Gasteiger partial charge in [0.1, 0.15) is 12.7 Å². The molecule has 0 N–H and O–H groups in total. The van der Waals surface area contributed by atoms with Crippen molar-refractivity contribution in [3.8, 4) is 0 Å². The molecule has 0 aliphatic carbocycles. The minimum atomic E-state index is -0.219. The molecule has 7 nitrogen and oxygen atoms in total. The number of piperazine rings is 1. The summed E-state index contributed by atoms with van der Waals surface area (Å²) in [5.41, 5.74) is 5.11. The number of para-hydroxylation sites is 2. The molecule has 1 saturated heterocycles. The summed E-state index contributed by atoms with van der Waals surface area (Å²) in [4.78, 5) is 35.3. The van der Waals surface area contributed by atoms with Gasteiger partial charge < -0.3 is 24.2 Å². The highest BCUT2D eigenvalue weighted by Crippen LogP contribution is 2.44. The third-order valence-electron chi connectivity index (χ3n) is 7.55. The number of fused-ring (bicyclic) bond motifs is 6. The fraction of sp³-hybridized carbons (Fsp3) is 0.385. The lowest BCUT2D eigenvalue weighted by Crippen LogP contribution is -2.52. The van der Waals surface area contributed by atoms with Crippen LogP contribution in [0.5, 0.6) is 0 Å². The monoisotopic (exact) mass is 443 g/mol. The van der Waals surface area contributed by atoms with Crippen LogP contribution in [0.4, 0.5) is 5.69 Å². The smallest absolute Gasteiger partial charge is 0.257 e. The molecule has 7 heteroatoms. The molecule has 3 aromatic rings. The van der Waals surface area contributed by atoms with Crippen molar-refractivity contribution < 1.29 is 9.59 Å². The van der Waals surface area contributed by atoms with Crippen LogP contribution >= 0.6 is 0 Å². The maximum absolute atomic E-state index is 13.4. The van der Waals surface area contributed by atoms with Crippen molar-refractivity contribution in [2.75, 3.05) is 51.7 Å². The molecule has 0 unspecified atom stereocenters. The Kier molecular flexibility index (Phi) is 4.69. The zero-order valence-electron chi connectivity index (χ0n) is 19.2. The zero-order valence-corrected chi connectivity index (χ0v) is 19.2. The van der Waals surface area contributed by atoms with Gasteiger partial charge in [-0.15, -0.1) is 0 Å². The number of aromatic nitrogens is 1. The van der Waals surface area contributed by atoms with E-state index in [0.29, 0.717) is 13.1 Å². The van der Waals surface area contributed by atoms with Crippen LogP contribution in [0.3, 0.4) is 0 Å². The van der Waals surface area contributed by atoms with Crippen molar-refractivity contribution in [2.24, 2.45) is 0 Å². The summed E-state index contributed by atoms with van der Waals surface area (Å²) in [6.07, 6.45) is 0.577. The third-order valence-corrected chi connectivity index (χ3v) is 7.55. The van der Waals surface area contributed by atoms with E-state index in [-0.39, 0.29) is 18.0 Å². The molecule has 3 aliphatic heterocycles. The van der Waals surface area contributed by atoms with Crippen LogP contribution in [0, 0.1) is 0 Å². The van der Waals surface area contributed by atoms with Crippen LogP contribution in [-0.2, 0) is 17.8 Å². The minimum absolute atomic E-state index is 0.0709. The Bertz CT molecular complexity index is 1260. The van der Waals surface area contributed by atoms with Crippen LogP contribution < -0.4 is 4.90 Å². The second kappa shape index (κ2) is 7.63. The Labute approximate surface area is 193 Å². The fourth-order valence-electron chi connectivity index (χ4n) is 5.77. The molecular formula is C26H29N5O2. The Morgan fingerprint density at radius 3 is 2.48 bits per heavy atom. The summed E-state index contributed by atoms with van der Waals surface area (Å²) in [6, 6.07) is 16.2. The summed E-state index contributed by atoms with van der Waals surface area (Å²) in [6.45, 7) is 4.31. The Hall–Kier alpha value is -3.32. The molecule has 3 aliphatic rings. The molecule has 0 bridgehead atoms. The molecule has 2 amide bonds. The van der Waals surface area contributed by atoms with E-state index < -0.39 is 0 Å². The highest BCUT2D eigenvalue weighted by Gasteiger charge is 2.43. The van der Waals surface area contributed by atoms with Crippen LogP contribution in [0.15, 0.2) is 48.5 Å². The molecule has 4 heterocycles. The van der Waals surface area contributed by atoms with Crippen LogP contribution in [0.25, 0.3) is 10.9 Å². The molecule has 6 rings (SSSR count). The number of carbonyl (C=O) groups excluding carboxylic acids is 2. The molecule has 1 atom stereocenters. The third kappa shape index (κ3) is 3.06. The van der Waals surface area contributed by atoms with Gasteiger partial charge in [-0.3, -0.25) is 9.59 Å². The summed E-state index contributed by atoms with van der Waals surface area (Å²) in [7, 11) is 4.16. The maximum Gasteiger partial charge on any atom is 0.257 e.